The van der Waals surface area contributed by atoms with Gasteiger partial charge >= 0.3 is 0 Å². The molecule has 0 spiro atoms. The smallest absolute Gasteiger partial charge is 0.246 e. The molecule has 0 atom stereocenters. The zero-order valence-electron chi connectivity index (χ0n) is 13.5. The number of piperidine rings is 1. The number of likely N-dealkylation sites (N-methyl/N-ethyl adjacent to an activating group) is 1. The summed E-state index contributed by atoms with van der Waals surface area (Å²) in [6.07, 6.45) is 1.55. The second kappa shape index (κ2) is 6.84. The zero-order chi connectivity index (χ0) is 16.1. The Balaban J connectivity index is 2.14. The number of nitrogens with one attached hydrogen (secondary N) is 2. The largest absolute Gasteiger partial charge is 0.357 e. The summed E-state index contributed by atoms with van der Waals surface area (Å²) in [7, 11) is 1.72. The third kappa shape index (κ3) is 2.94. The van der Waals surface area contributed by atoms with E-state index in [1.54, 1.807) is 7.05 Å². The Morgan fingerprint density at radius 3 is 1.87 bits per heavy atom. The normalized spacial score (nSPS) is 16.6. The van der Waals surface area contributed by atoms with Gasteiger partial charge in [0.05, 0.1) is 0 Å². The summed E-state index contributed by atoms with van der Waals surface area (Å²) < 4.78 is 0. The predicted molar refractivity (Wildman–Crippen MR) is 93.9 cm³/mol. The zero-order valence-corrected chi connectivity index (χ0v) is 13.5. The van der Waals surface area contributed by atoms with Gasteiger partial charge < -0.3 is 15.5 Å². The number of benzene rings is 2. The van der Waals surface area contributed by atoms with E-state index >= 15 is 0 Å². The van der Waals surface area contributed by atoms with Crippen LogP contribution in [-0.4, -0.2) is 31.6 Å². The van der Waals surface area contributed by atoms with Crippen molar-refractivity contribution < 1.29 is 4.79 Å². The summed E-state index contributed by atoms with van der Waals surface area (Å²) in [6, 6.07) is 20.4. The molecule has 0 aliphatic carbocycles. The number of nitrogens with zero attached hydrogens (tertiary/aromatic N) is 1. The summed E-state index contributed by atoms with van der Waals surface area (Å²) in [5.74, 6) is 0.0757. The van der Waals surface area contributed by atoms with Crippen LogP contribution in [0.2, 0.25) is 0 Å². The van der Waals surface area contributed by atoms with Crippen LogP contribution in [0.15, 0.2) is 60.7 Å². The van der Waals surface area contributed by atoms with E-state index in [-0.39, 0.29) is 5.91 Å². The van der Waals surface area contributed by atoms with Crippen molar-refractivity contribution in [2.45, 2.75) is 18.4 Å². The molecule has 3 rings (SSSR count). The number of carbonyl (C=O) groups excluding carboxylic acids is 1. The number of anilines is 2. The van der Waals surface area contributed by atoms with Gasteiger partial charge in [-0.15, -0.1) is 0 Å². The molecule has 1 heterocycles. The van der Waals surface area contributed by atoms with Crippen LogP contribution >= 0.6 is 0 Å². The molecule has 1 amide bonds. The molecule has 1 aliphatic heterocycles. The van der Waals surface area contributed by atoms with E-state index in [0.29, 0.717) is 0 Å². The van der Waals surface area contributed by atoms with Gasteiger partial charge in [-0.25, -0.2) is 0 Å². The minimum absolute atomic E-state index is 0.0757. The van der Waals surface area contributed by atoms with Crippen molar-refractivity contribution in [3.63, 3.8) is 0 Å². The molecule has 0 aromatic heterocycles. The molecule has 1 aliphatic rings. The maximum atomic E-state index is 12.9. The van der Waals surface area contributed by atoms with Crippen molar-refractivity contribution in [1.29, 1.82) is 0 Å². The first-order chi connectivity index (χ1) is 11.3. The lowest BCUT2D eigenvalue weighted by Gasteiger charge is -2.46. The maximum Gasteiger partial charge on any atom is 0.246 e. The van der Waals surface area contributed by atoms with Crippen LogP contribution in [0.5, 0.6) is 0 Å². The fraction of sp³-hybridized carbons (Fsp3) is 0.316. The van der Waals surface area contributed by atoms with Crippen LogP contribution in [0.25, 0.3) is 0 Å². The number of amides is 1. The molecular formula is C19H23N3O. The molecule has 1 fully saturated rings. The molecule has 2 aromatic rings. The fourth-order valence-electron chi connectivity index (χ4n) is 3.42. The summed E-state index contributed by atoms with van der Waals surface area (Å²) >= 11 is 0. The van der Waals surface area contributed by atoms with Crippen LogP contribution in [0, 0.1) is 0 Å². The summed E-state index contributed by atoms with van der Waals surface area (Å²) in [5, 5.41) is 6.26. The van der Waals surface area contributed by atoms with Crippen molar-refractivity contribution in [3.8, 4) is 0 Å². The van der Waals surface area contributed by atoms with E-state index in [9.17, 15) is 4.79 Å². The Morgan fingerprint density at radius 2 is 1.43 bits per heavy atom. The van der Waals surface area contributed by atoms with Gasteiger partial charge in [0.1, 0.15) is 5.54 Å². The SMILES string of the molecule is CNC(=O)C1(N(c2ccccc2)c2ccccc2)CCNCC1. The molecule has 120 valence electrons. The van der Waals surface area contributed by atoms with Crippen LogP contribution in [-0.2, 0) is 4.79 Å². The highest BCUT2D eigenvalue weighted by Gasteiger charge is 2.45. The molecule has 4 nitrogen and oxygen atoms in total. The maximum absolute atomic E-state index is 12.9. The Kier molecular flexibility index (Phi) is 4.63. The lowest BCUT2D eigenvalue weighted by molar-refractivity contribution is -0.126. The summed E-state index contributed by atoms with van der Waals surface area (Å²) in [5.41, 5.74) is 1.52. The molecule has 1 saturated heterocycles. The first-order valence-electron chi connectivity index (χ1n) is 8.11. The van der Waals surface area contributed by atoms with E-state index in [2.05, 4.69) is 39.8 Å². The molecule has 0 unspecified atom stereocenters. The van der Waals surface area contributed by atoms with Gasteiger partial charge in [-0.05, 0) is 50.2 Å². The van der Waals surface area contributed by atoms with Gasteiger partial charge in [-0.2, -0.15) is 0 Å². The average molecular weight is 309 g/mol. The van der Waals surface area contributed by atoms with E-state index in [1.165, 1.54) is 0 Å². The molecular weight excluding hydrogens is 286 g/mol. The topological polar surface area (TPSA) is 44.4 Å². The molecule has 2 N–H and O–H groups in total. The molecule has 0 radical (unpaired) electrons. The highest BCUT2D eigenvalue weighted by molar-refractivity contribution is 5.93. The minimum Gasteiger partial charge on any atom is -0.357 e. The average Bonchev–Trinajstić information content (AvgIpc) is 2.64. The highest BCUT2D eigenvalue weighted by atomic mass is 16.2. The van der Waals surface area contributed by atoms with Crippen molar-refractivity contribution in [2.24, 2.45) is 0 Å². The summed E-state index contributed by atoms with van der Waals surface area (Å²) in [6.45, 7) is 1.67. The third-order valence-corrected chi connectivity index (χ3v) is 4.54. The molecule has 23 heavy (non-hydrogen) atoms. The van der Waals surface area contributed by atoms with Crippen LogP contribution in [0.1, 0.15) is 12.8 Å². The van der Waals surface area contributed by atoms with Gasteiger partial charge in [0.25, 0.3) is 0 Å². The Bertz CT molecular complexity index is 597. The third-order valence-electron chi connectivity index (χ3n) is 4.54. The lowest BCUT2D eigenvalue weighted by atomic mass is 9.84. The first kappa shape index (κ1) is 15.6. The monoisotopic (exact) mass is 309 g/mol. The van der Waals surface area contributed by atoms with Gasteiger partial charge in [-0.1, -0.05) is 36.4 Å². The first-order valence-corrected chi connectivity index (χ1v) is 8.11. The quantitative estimate of drug-likeness (QED) is 0.913. The Labute approximate surface area is 137 Å². The number of hydrogen-bond donors (Lipinski definition) is 2. The molecule has 0 bridgehead atoms. The molecule has 2 aromatic carbocycles. The highest BCUT2D eigenvalue weighted by Crippen LogP contribution is 2.38. The van der Waals surface area contributed by atoms with Crippen molar-refractivity contribution in [1.82, 2.24) is 10.6 Å². The van der Waals surface area contributed by atoms with E-state index in [4.69, 9.17) is 0 Å². The standard InChI is InChI=1S/C19H23N3O/c1-20-18(23)19(12-14-21-15-13-19)22(16-8-4-2-5-9-16)17-10-6-3-7-11-17/h2-11,21H,12-15H2,1H3,(H,20,23). The van der Waals surface area contributed by atoms with E-state index in [0.717, 1.165) is 37.3 Å². The van der Waals surface area contributed by atoms with Crippen molar-refractivity contribution >= 4 is 17.3 Å². The number of hydrogen-bond acceptors (Lipinski definition) is 3. The van der Waals surface area contributed by atoms with E-state index in [1.807, 2.05) is 36.4 Å². The van der Waals surface area contributed by atoms with Crippen molar-refractivity contribution in [3.05, 3.63) is 60.7 Å². The lowest BCUT2D eigenvalue weighted by Crippen LogP contribution is -2.61. The van der Waals surface area contributed by atoms with Crippen molar-refractivity contribution in [2.75, 3.05) is 25.0 Å². The van der Waals surface area contributed by atoms with Gasteiger partial charge in [0.15, 0.2) is 0 Å². The Hall–Kier alpha value is -2.33. The second-order valence-electron chi connectivity index (χ2n) is 5.87. The van der Waals surface area contributed by atoms with Gasteiger partial charge in [-0.3, -0.25) is 4.79 Å². The van der Waals surface area contributed by atoms with Gasteiger partial charge in [0.2, 0.25) is 5.91 Å². The Morgan fingerprint density at radius 1 is 0.957 bits per heavy atom. The fourth-order valence-corrected chi connectivity index (χ4v) is 3.42. The van der Waals surface area contributed by atoms with Crippen LogP contribution in [0.3, 0.4) is 0 Å². The number of rotatable bonds is 4. The predicted octanol–water partition coefficient (Wildman–Crippen LogP) is 2.69. The minimum atomic E-state index is -0.567. The van der Waals surface area contributed by atoms with Crippen LogP contribution < -0.4 is 15.5 Å². The van der Waals surface area contributed by atoms with Gasteiger partial charge in [0, 0.05) is 18.4 Å². The summed E-state index contributed by atoms with van der Waals surface area (Å²) in [4.78, 5) is 15.1. The number of para-hydroxylation sites is 2. The molecule has 0 saturated carbocycles. The molecule has 4 heteroatoms. The van der Waals surface area contributed by atoms with Crippen LogP contribution in [0.4, 0.5) is 11.4 Å². The van der Waals surface area contributed by atoms with E-state index < -0.39 is 5.54 Å². The second-order valence-corrected chi connectivity index (χ2v) is 5.87. The number of carbonyl (C=O) groups is 1.